The molecule has 0 rings (SSSR count). The maximum absolute atomic E-state index is 9.41. The Morgan fingerprint density at radius 2 is 1.80 bits per heavy atom. The summed E-state index contributed by atoms with van der Waals surface area (Å²) in [5, 5.41) is 0. The van der Waals surface area contributed by atoms with Crippen LogP contribution in [0.1, 0.15) is 39.5 Å². The normalized spacial score (nSPS) is 6.70. The minimum atomic E-state index is 0. The molecule has 0 heterocycles. The number of hydrogen-bond acceptors (Lipinski definition) is 1. The van der Waals surface area contributed by atoms with Gasteiger partial charge in [-0.05, 0) is 0 Å². The predicted molar refractivity (Wildman–Crippen MR) is 40.9 cm³/mol. The standard InChI is InChI=1S/C5H8O.C3H8.Y/c1-2-3-4-5-6;1-3-2;/h1-4H2;3H2,1-2H3;/q-2;;. The zero-order valence-corrected chi connectivity index (χ0v) is 9.86. The zero-order valence-electron chi connectivity index (χ0n) is 7.02. The molecule has 0 aromatic rings. The fourth-order valence-electron chi connectivity index (χ4n) is 0.197. The Hall–Kier alpha value is 0.774. The summed E-state index contributed by atoms with van der Waals surface area (Å²) in [7, 11) is 0. The Morgan fingerprint density at radius 1 is 1.40 bits per heavy atom. The van der Waals surface area contributed by atoms with Gasteiger partial charge in [0, 0.05) is 32.7 Å². The van der Waals surface area contributed by atoms with E-state index in [4.69, 9.17) is 0 Å². The Labute approximate surface area is 89.8 Å². The van der Waals surface area contributed by atoms with Gasteiger partial charge in [0.05, 0.1) is 0 Å². The van der Waals surface area contributed by atoms with Crippen molar-refractivity contribution in [2.75, 3.05) is 0 Å². The molecule has 0 atom stereocenters. The summed E-state index contributed by atoms with van der Waals surface area (Å²) in [4.78, 5) is 9.41. The van der Waals surface area contributed by atoms with Gasteiger partial charge in [0.1, 0.15) is 0 Å². The van der Waals surface area contributed by atoms with Gasteiger partial charge in [-0.3, -0.25) is 6.29 Å². The van der Waals surface area contributed by atoms with E-state index in [-0.39, 0.29) is 32.7 Å². The molecule has 0 saturated carbocycles. The Balaban J connectivity index is -0.000000107. The van der Waals surface area contributed by atoms with Crippen molar-refractivity contribution in [1.29, 1.82) is 0 Å². The van der Waals surface area contributed by atoms with Crippen LogP contribution in [0.15, 0.2) is 0 Å². The first-order valence-electron chi connectivity index (χ1n) is 3.47. The van der Waals surface area contributed by atoms with Crippen molar-refractivity contribution in [1.82, 2.24) is 0 Å². The number of rotatable bonds is 3. The predicted octanol–water partition coefficient (Wildman–Crippen LogP) is 2.51. The van der Waals surface area contributed by atoms with Crippen LogP contribution in [0.4, 0.5) is 0 Å². The average Bonchev–Trinajstić information content (AvgIpc) is 1.86. The molecule has 0 fully saturated rings. The van der Waals surface area contributed by atoms with Crippen LogP contribution in [0.25, 0.3) is 0 Å². The second-order valence-electron chi connectivity index (χ2n) is 1.81. The SMILES string of the molecule is CCC.[CH2-]CCC[C-]=O.[Y]. The van der Waals surface area contributed by atoms with Crippen LogP contribution >= 0.6 is 0 Å². The molecule has 1 nitrogen and oxygen atoms in total. The van der Waals surface area contributed by atoms with Crippen LogP contribution in [0, 0.1) is 6.92 Å². The molecule has 1 radical (unpaired) electrons. The third kappa shape index (κ3) is 37.2. The monoisotopic (exact) mass is 217 g/mol. The van der Waals surface area contributed by atoms with Gasteiger partial charge in [0.15, 0.2) is 0 Å². The van der Waals surface area contributed by atoms with Crippen molar-refractivity contribution in [3.63, 3.8) is 0 Å². The van der Waals surface area contributed by atoms with Gasteiger partial charge in [-0.15, -0.1) is 6.42 Å². The van der Waals surface area contributed by atoms with E-state index in [0.29, 0.717) is 6.42 Å². The molecule has 59 valence electrons. The van der Waals surface area contributed by atoms with Crippen LogP contribution in [-0.4, -0.2) is 6.29 Å². The summed E-state index contributed by atoms with van der Waals surface area (Å²) >= 11 is 0. The molecular formula is C8H16OY-2. The van der Waals surface area contributed by atoms with E-state index < -0.39 is 0 Å². The molecule has 0 aliphatic carbocycles. The first-order chi connectivity index (χ1) is 4.33. The van der Waals surface area contributed by atoms with Gasteiger partial charge in [-0.1, -0.05) is 20.3 Å². The van der Waals surface area contributed by atoms with Gasteiger partial charge >= 0.3 is 0 Å². The van der Waals surface area contributed by atoms with Crippen molar-refractivity contribution < 1.29 is 37.5 Å². The van der Waals surface area contributed by atoms with Crippen molar-refractivity contribution in [2.45, 2.75) is 39.5 Å². The maximum Gasteiger partial charge on any atom is 0 e. The van der Waals surface area contributed by atoms with E-state index in [2.05, 4.69) is 20.8 Å². The topological polar surface area (TPSA) is 17.1 Å². The first kappa shape index (κ1) is 17.0. The molecule has 0 aromatic heterocycles. The van der Waals surface area contributed by atoms with Gasteiger partial charge < -0.3 is 11.7 Å². The minimum absolute atomic E-state index is 0. The van der Waals surface area contributed by atoms with E-state index in [1.807, 2.05) is 0 Å². The molecule has 0 unspecified atom stereocenters. The molecule has 0 amide bonds. The fourth-order valence-corrected chi connectivity index (χ4v) is 0.197. The first-order valence-corrected chi connectivity index (χ1v) is 3.47. The van der Waals surface area contributed by atoms with Gasteiger partial charge in [0.25, 0.3) is 0 Å². The molecule has 10 heavy (non-hydrogen) atoms. The Bertz CT molecular complexity index is 46.5. The number of unbranched alkanes of at least 4 members (excludes halogenated alkanes) is 2. The van der Waals surface area contributed by atoms with E-state index >= 15 is 0 Å². The van der Waals surface area contributed by atoms with Crippen LogP contribution in [-0.2, 0) is 37.5 Å². The molecule has 0 saturated heterocycles. The molecule has 0 aliphatic heterocycles. The van der Waals surface area contributed by atoms with E-state index in [1.54, 1.807) is 6.29 Å². The maximum atomic E-state index is 9.41. The molecule has 0 aromatic carbocycles. The molecule has 2 heteroatoms. The molecule has 0 spiro atoms. The number of hydrogen-bond donors (Lipinski definition) is 0. The number of carbonyl (C=O) groups excluding carboxylic acids is 1. The van der Waals surface area contributed by atoms with Crippen molar-refractivity contribution in [3.8, 4) is 0 Å². The van der Waals surface area contributed by atoms with Crippen LogP contribution in [0.2, 0.25) is 0 Å². The third-order valence-electron chi connectivity index (χ3n) is 0.529. The molecular weight excluding hydrogens is 201 g/mol. The van der Waals surface area contributed by atoms with Crippen LogP contribution in [0.5, 0.6) is 0 Å². The summed E-state index contributed by atoms with van der Waals surface area (Å²) in [5.41, 5.74) is 0. The molecule has 0 N–H and O–H groups in total. The zero-order chi connectivity index (χ0) is 7.54. The van der Waals surface area contributed by atoms with Crippen molar-refractivity contribution >= 4 is 6.29 Å². The van der Waals surface area contributed by atoms with Gasteiger partial charge in [-0.2, -0.15) is 12.8 Å². The van der Waals surface area contributed by atoms with Gasteiger partial charge in [0.2, 0.25) is 0 Å². The smallest absolute Gasteiger partial charge is 0 e. The summed E-state index contributed by atoms with van der Waals surface area (Å²) in [6.07, 6.45) is 5.29. The molecule has 0 aliphatic rings. The minimum Gasteiger partial charge on any atom is -0.542 e. The van der Waals surface area contributed by atoms with Crippen LogP contribution in [0.3, 0.4) is 0 Å². The van der Waals surface area contributed by atoms with Gasteiger partial charge in [-0.25, -0.2) is 0 Å². The van der Waals surface area contributed by atoms with E-state index in [0.717, 1.165) is 12.8 Å². The van der Waals surface area contributed by atoms with E-state index in [9.17, 15) is 4.79 Å². The summed E-state index contributed by atoms with van der Waals surface area (Å²) < 4.78 is 0. The summed E-state index contributed by atoms with van der Waals surface area (Å²) in [5.74, 6) is 0. The van der Waals surface area contributed by atoms with E-state index in [1.165, 1.54) is 6.42 Å². The fraction of sp³-hybridized carbons (Fsp3) is 0.750. The Kier molecular flexibility index (Phi) is 38.4. The third-order valence-corrected chi connectivity index (χ3v) is 0.529. The summed E-state index contributed by atoms with van der Waals surface area (Å²) in [6.45, 7) is 7.79. The largest absolute Gasteiger partial charge is 0.542 e. The Morgan fingerprint density at radius 3 is 1.90 bits per heavy atom. The second-order valence-corrected chi connectivity index (χ2v) is 1.81. The van der Waals surface area contributed by atoms with Crippen LogP contribution < -0.4 is 0 Å². The quantitative estimate of drug-likeness (QED) is 0.524. The second kappa shape index (κ2) is 22.6. The van der Waals surface area contributed by atoms with Crippen molar-refractivity contribution in [3.05, 3.63) is 6.92 Å². The van der Waals surface area contributed by atoms with Crippen molar-refractivity contribution in [2.24, 2.45) is 0 Å². The molecule has 0 bridgehead atoms. The summed E-state index contributed by atoms with van der Waals surface area (Å²) in [6, 6.07) is 0. The average molecular weight is 217 g/mol.